The van der Waals surface area contributed by atoms with Gasteiger partial charge in [0.15, 0.2) is 5.82 Å². The van der Waals surface area contributed by atoms with E-state index < -0.39 is 5.60 Å². The Kier molecular flexibility index (Phi) is 4.46. The fourth-order valence-corrected chi connectivity index (χ4v) is 4.88. The van der Waals surface area contributed by atoms with E-state index in [0.717, 1.165) is 44.3 Å². The lowest BCUT2D eigenvalue weighted by molar-refractivity contribution is -0.152. The first-order valence-electron chi connectivity index (χ1n) is 9.54. The predicted octanol–water partition coefficient (Wildman–Crippen LogP) is 0.889. The molecule has 1 spiro atoms. The van der Waals surface area contributed by atoms with E-state index in [0.29, 0.717) is 18.9 Å². The zero-order valence-corrected chi connectivity index (χ0v) is 15.2. The molecule has 3 fully saturated rings. The van der Waals surface area contributed by atoms with Gasteiger partial charge < -0.3 is 19.3 Å². The summed E-state index contributed by atoms with van der Waals surface area (Å²) in [6, 6.07) is 0. The maximum Gasteiger partial charge on any atom is 0.307 e. The molecule has 3 aliphatic rings. The van der Waals surface area contributed by atoms with Crippen LogP contribution in [0.2, 0.25) is 0 Å². The van der Waals surface area contributed by atoms with Crippen molar-refractivity contribution in [2.24, 2.45) is 13.0 Å². The number of carbonyl (C=O) groups is 2. The van der Waals surface area contributed by atoms with E-state index >= 15 is 0 Å². The van der Waals surface area contributed by atoms with Crippen molar-refractivity contribution in [3.8, 4) is 0 Å². The van der Waals surface area contributed by atoms with E-state index in [-0.39, 0.29) is 36.7 Å². The molecule has 2 aliphatic heterocycles. The average Bonchev–Trinajstić information content (AvgIpc) is 3.34. The molecule has 26 heavy (non-hydrogen) atoms. The molecule has 8 nitrogen and oxygen atoms in total. The molecule has 3 heterocycles. The normalized spacial score (nSPS) is 25.8. The number of ether oxygens (including phenoxy) is 1. The number of likely N-dealkylation sites (tertiary alicyclic amines) is 1. The second-order valence-corrected chi connectivity index (χ2v) is 7.79. The first-order valence-corrected chi connectivity index (χ1v) is 9.54. The van der Waals surface area contributed by atoms with Crippen LogP contribution in [0.5, 0.6) is 0 Å². The van der Waals surface area contributed by atoms with E-state index in [2.05, 4.69) is 10.2 Å². The van der Waals surface area contributed by atoms with Gasteiger partial charge in [-0.3, -0.25) is 9.59 Å². The number of esters is 1. The number of rotatable bonds is 3. The minimum atomic E-state index is -0.537. The number of nitrogens with zero attached hydrogens (tertiary/aromatic N) is 4. The number of aliphatic hydroxyl groups excluding tert-OH is 1. The number of aromatic nitrogens is 3. The van der Waals surface area contributed by atoms with Crippen LogP contribution in [0.1, 0.15) is 62.5 Å². The summed E-state index contributed by atoms with van der Waals surface area (Å²) in [5.41, 5.74) is -0.537. The van der Waals surface area contributed by atoms with Gasteiger partial charge in [-0.25, -0.2) is 0 Å². The number of hydrogen-bond acceptors (Lipinski definition) is 6. The molecule has 2 saturated heterocycles. The van der Waals surface area contributed by atoms with Crippen molar-refractivity contribution in [3.05, 3.63) is 11.6 Å². The monoisotopic (exact) mass is 362 g/mol. The van der Waals surface area contributed by atoms with E-state index in [9.17, 15) is 14.7 Å². The van der Waals surface area contributed by atoms with Crippen molar-refractivity contribution in [3.63, 3.8) is 0 Å². The van der Waals surface area contributed by atoms with Crippen LogP contribution in [-0.2, 0) is 28.0 Å². The van der Waals surface area contributed by atoms with E-state index in [1.807, 2.05) is 16.5 Å². The molecule has 1 aromatic rings. The molecule has 8 heteroatoms. The predicted molar refractivity (Wildman–Crippen MR) is 90.9 cm³/mol. The van der Waals surface area contributed by atoms with Crippen molar-refractivity contribution in [1.82, 2.24) is 19.7 Å². The highest BCUT2D eigenvalue weighted by atomic mass is 16.6. The fraction of sp³-hybridized carbons (Fsp3) is 0.778. The highest BCUT2D eigenvalue weighted by molar-refractivity contribution is 5.88. The Morgan fingerprint density at radius 1 is 1.27 bits per heavy atom. The van der Waals surface area contributed by atoms with Gasteiger partial charge in [-0.05, 0) is 38.5 Å². The molecule has 142 valence electrons. The van der Waals surface area contributed by atoms with Gasteiger partial charge in [0.1, 0.15) is 18.0 Å². The molecule has 1 N–H and O–H groups in total. The molecule has 1 saturated carbocycles. The smallest absolute Gasteiger partial charge is 0.307 e. The van der Waals surface area contributed by atoms with Crippen molar-refractivity contribution < 1.29 is 19.4 Å². The summed E-state index contributed by atoms with van der Waals surface area (Å²) in [7, 11) is 1.86. The Morgan fingerprint density at radius 3 is 2.58 bits per heavy atom. The van der Waals surface area contributed by atoms with Gasteiger partial charge in [-0.15, -0.1) is 10.2 Å². The first-order chi connectivity index (χ1) is 12.5. The topological polar surface area (TPSA) is 97.5 Å². The van der Waals surface area contributed by atoms with Crippen LogP contribution in [-0.4, -0.2) is 55.3 Å². The number of aliphatic hydroxyl groups is 1. The lowest BCUT2D eigenvalue weighted by Gasteiger charge is -2.36. The van der Waals surface area contributed by atoms with Gasteiger partial charge in [-0.2, -0.15) is 0 Å². The van der Waals surface area contributed by atoms with Crippen LogP contribution >= 0.6 is 0 Å². The molecule has 1 atom stereocenters. The summed E-state index contributed by atoms with van der Waals surface area (Å²) < 4.78 is 7.47. The molecule has 1 aliphatic carbocycles. The van der Waals surface area contributed by atoms with Gasteiger partial charge >= 0.3 is 5.97 Å². The molecule has 4 rings (SSSR count). The Bertz CT molecular complexity index is 702. The lowest BCUT2D eigenvalue weighted by Crippen LogP contribution is -2.47. The summed E-state index contributed by atoms with van der Waals surface area (Å²) in [5.74, 6) is 1.20. The van der Waals surface area contributed by atoms with Gasteiger partial charge in [0, 0.05) is 26.1 Å². The highest BCUT2D eigenvalue weighted by Gasteiger charge is 2.55. The lowest BCUT2D eigenvalue weighted by atomic mass is 9.84. The second kappa shape index (κ2) is 6.64. The van der Waals surface area contributed by atoms with Gasteiger partial charge in [0.25, 0.3) is 0 Å². The summed E-state index contributed by atoms with van der Waals surface area (Å²) in [4.78, 5) is 26.9. The van der Waals surface area contributed by atoms with Gasteiger partial charge in [0.05, 0.1) is 12.3 Å². The molecule has 1 unspecified atom stereocenters. The van der Waals surface area contributed by atoms with Gasteiger partial charge in [0.2, 0.25) is 5.91 Å². The van der Waals surface area contributed by atoms with Crippen LogP contribution in [0.15, 0.2) is 0 Å². The third kappa shape index (κ3) is 2.80. The highest BCUT2D eigenvalue weighted by Crippen LogP contribution is 2.46. The molecule has 0 radical (unpaired) electrons. The number of carbonyl (C=O) groups excluding carboxylic acids is 2. The quantitative estimate of drug-likeness (QED) is 0.802. The summed E-state index contributed by atoms with van der Waals surface area (Å²) >= 11 is 0. The summed E-state index contributed by atoms with van der Waals surface area (Å²) in [6.07, 6.45) is 5.54. The fourth-order valence-electron chi connectivity index (χ4n) is 4.88. The van der Waals surface area contributed by atoms with Crippen LogP contribution in [0.25, 0.3) is 0 Å². The third-order valence-electron chi connectivity index (χ3n) is 6.38. The Balaban J connectivity index is 1.42. The maximum absolute atomic E-state index is 13.1. The zero-order chi connectivity index (χ0) is 18.3. The average molecular weight is 362 g/mol. The maximum atomic E-state index is 13.1. The molecular weight excluding hydrogens is 336 g/mol. The Labute approximate surface area is 152 Å². The largest absolute Gasteiger partial charge is 0.458 e. The van der Waals surface area contributed by atoms with Crippen molar-refractivity contribution in [2.75, 3.05) is 13.1 Å². The third-order valence-corrected chi connectivity index (χ3v) is 6.38. The zero-order valence-electron chi connectivity index (χ0n) is 15.2. The van der Waals surface area contributed by atoms with E-state index in [4.69, 9.17) is 4.74 Å². The molecule has 1 amide bonds. The van der Waals surface area contributed by atoms with Crippen molar-refractivity contribution in [1.29, 1.82) is 0 Å². The molecule has 0 aromatic carbocycles. The minimum absolute atomic E-state index is 0.0743. The second-order valence-electron chi connectivity index (χ2n) is 7.79. The number of hydrogen-bond donors (Lipinski definition) is 1. The van der Waals surface area contributed by atoms with Crippen LogP contribution in [0.4, 0.5) is 0 Å². The molecule has 0 bridgehead atoms. The minimum Gasteiger partial charge on any atom is -0.458 e. The SMILES string of the molecule is Cn1c(CO)nnc1C1CCN(C(=O)C2CC(=O)OC23CCCC3)CC1. The molecular formula is C18H26N4O4. The van der Waals surface area contributed by atoms with Crippen LogP contribution in [0.3, 0.4) is 0 Å². The van der Waals surface area contributed by atoms with E-state index in [1.165, 1.54) is 0 Å². The number of piperidine rings is 1. The van der Waals surface area contributed by atoms with Crippen molar-refractivity contribution in [2.45, 2.75) is 63.1 Å². The Hall–Kier alpha value is -1.96. The summed E-state index contributed by atoms with van der Waals surface area (Å²) in [6.45, 7) is 1.19. The van der Waals surface area contributed by atoms with E-state index in [1.54, 1.807) is 0 Å². The Morgan fingerprint density at radius 2 is 1.96 bits per heavy atom. The molecule has 1 aromatic heterocycles. The first kappa shape index (κ1) is 17.5. The van der Waals surface area contributed by atoms with Gasteiger partial charge in [-0.1, -0.05) is 0 Å². The standard InChI is InChI=1S/C18H26N4O4/c1-21-14(11-23)19-20-16(21)12-4-8-22(9-5-12)17(25)13-10-15(24)26-18(13)6-2-3-7-18/h12-13,23H,2-11H2,1H3. The number of amides is 1. The van der Waals surface area contributed by atoms with Crippen LogP contribution < -0.4 is 0 Å². The van der Waals surface area contributed by atoms with Crippen molar-refractivity contribution >= 4 is 11.9 Å². The van der Waals surface area contributed by atoms with Crippen LogP contribution in [0, 0.1) is 5.92 Å². The summed E-state index contributed by atoms with van der Waals surface area (Å²) in [5, 5.41) is 17.5.